The molecule has 15 heavy (non-hydrogen) atoms. The van der Waals surface area contributed by atoms with Crippen molar-refractivity contribution in [2.45, 2.75) is 26.4 Å². The van der Waals surface area contributed by atoms with Gasteiger partial charge in [-0.1, -0.05) is 6.92 Å². The SMILES string of the molecule is CC(Cn1cccn1)NCC(C)C(=O)O. The first-order valence-corrected chi connectivity index (χ1v) is 5.03. The molecule has 0 aliphatic rings. The molecule has 0 saturated heterocycles. The smallest absolute Gasteiger partial charge is 0.307 e. The molecule has 0 aromatic carbocycles. The van der Waals surface area contributed by atoms with E-state index in [1.54, 1.807) is 13.1 Å². The summed E-state index contributed by atoms with van der Waals surface area (Å²) >= 11 is 0. The molecule has 1 aromatic heterocycles. The molecule has 1 rings (SSSR count). The fraction of sp³-hybridized carbons (Fsp3) is 0.600. The molecule has 1 heterocycles. The molecule has 1 aromatic rings. The molecule has 84 valence electrons. The predicted molar refractivity (Wildman–Crippen MR) is 56.5 cm³/mol. The van der Waals surface area contributed by atoms with E-state index in [4.69, 9.17) is 5.11 Å². The van der Waals surface area contributed by atoms with Crippen molar-refractivity contribution in [3.05, 3.63) is 18.5 Å². The highest BCUT2D eigenvalue weighted by Gasteiger charge is 2.11. The molecule has 0 amide bonds. The Kier molecular flexibility index (Phi) is 4.30. The Balaban J connectivity index is 2.25. The first kappa shape index (κ1) is 11.7. The highest BCUT2D eigenvalue weighted by atomic mass is 16.4. The van der Waals surface area contributed by atoms with Crippen LogP contribution in [0.4, 0.5) is 0 Å². The topological polar surface area (TPSA) is 67.2 Å². The van der Waals surface area contributed by atoms with E-state index in [-0.39, 0.29) is 12.0 Å². The Morgan fingerprint density at radius 2 is 2.33 bits per heavy atom. The minimum absolute atomic E-state index is 0.215. The maximum Gasteiger partial charge on any atom is 0.307 e. The monoisotopic (exact) mass is 211 g/mol. The summed E-state index contributed by atoms with van der Waals surface area (Å²) in [6, 6.07) is 2.08. The summed E-state index contributed by atoms with van der Waals surface area (Å²) in [7, 11) is 0. The first-order chi connectivity index (χ1) is 7.09. The lowest BCUT2D eigenvalue weighted by Crippen LogP contribution is -2.35. The fourth-order valence-corrected chi connectivity index (χ4v) is 1.22. The number of hydrogen-bond acceptors (Lipinski definition) is 3. The van der Waals surface area contributed by atoms with Gasteiger partial charge in [0.25, 0.3) is 0 Å². The van der Waals surface area contributed by atoms with Crippen molar-refractivity contribution in [3.8, 4) is 0 Å². The minimum atomic E-state index is -0.770. The number of carboxylic acid groups (broad SMARTS) is 1. The lowest BCUT2D eigenvalue weighted by molar-refractivity contribution is -0.140. The average Bonchev–Trinajstić information content (AvgIpc) is 2.66. The van der Waals surface area contributed by atoms with Crippen LogP contribution >= 0.6 is 0 Å². The third-order valence-corrected chi connectivity index (χ3v) is 2.21. The van der Waals surface area contributed by atoms with Crippen LogP contribution in [-0.4, -0.2) is 33.4 Å². The van der Waals surface area contributed by atoms with Crippen molar-refractivity contribution < 1.29 is 9.90 Å². The van der Waals surface area contributed by atoms with Gasteiger partial charge in [0.2, 0.25) is 0 Å². The molecule has 0 bridgehead atoms. The van der Waals surface area contributed by atoms with Gasteiger partial charge in [-0.2, -0.15) is 5.10 Å². The lowest BCUT2D eigenvalue weighted by Gasteiger charge is -2.15. The van der Waals surface area contributed by atoms with Gasteiger partial charge in [-0.15, -0.1) is 0 Å². The van der Waals surface area contributed by atoms with Gasteiger partial charge in [0, 0.05) is 25.0 Å². The zero-order valence-corrected chi connectivity index (χ0v) is 9.05. The third-order valence-electron chi connectivity index (χ3n) is 2.21. The Morgan fingerprint density at radius 3 is 2.87 bits per heavy atom. The van der Waals surface area contributed by atoms with E-state index in [0.717, 1.165) is 6.54 Å². The number of carboxylic acids is 1. The quantitative estimate of drug-likeness (QED) is 0.722. The standard InChI is InChI=1S/C10H17N3O2/c1-8(10(14)15)6-11-9(2)7-13-5-3-4-12-13/h3-5,8-9,11H,6-7H2,1-2H3,(H,14,15). The average molecular weight is 211 g/mol. The van der Waals surface area contributed by atoms with Crippen LogP contribution in [0.3, 0.4) is 0 Å². The van der Waals surface area contributed by atoms with E-state index >= 15 is 0 Å². The van der Waals surface area contributed by atoms with Crippen LogP contribution in [0.15, 0.2) is 18.5 Å². The van der Waals surface area contributed by atoms with Crippen molar-refractivity contribution in [1.29, 1.82) is 0 Å². The third kappa shape index (κ3) is 4.12. The van der Waals surface area contributed by atoms with Gasteiger partial charge in [-0.05, 0) is 13.0 Å². The molecular weight excluding hydrogens is 194 g/mol. The van der Waals surface area contributed by atoms with Crippen LogP contribution in [0.25, 0.3) is 0 Å². The maximum atomic E-state index is 10.6. The summed E-state index contributed by atoms with van der Waals surface area (Å²) in [6.07, 6.45) is 3.62. The summed E-state index contributed by atoms with van der Waals surface area (Å²) in [5.74, 6) is -1.13. The van der Waals surface area contributed by atoms with Gasteiger partial charge < -0.3 is 10.4 Å². The van der Waals surface area contributed by atoms with E-state index in [1.165, 1.54) is 0 Å². The number of nitrogens with one attached hydrogen (secondary N) is 1. The highest BCUT2D eigenvalue weighted by Crippen LogP contribution is 1.95. The van der Waals surface area contributed by atoms with Crippen molar-refractivity contribution in [2.24, 2.45) is 5.92 Å². The number of aliphatic carboxylic acids is 1. The van der Waals surface area contributed by atoms with Gasteiger partial charge in [-0.3, -0.25) is 9.48 Å². The first-order valence-electron chi connectivity index (χ1n) is 5.03. The summed E-state index contributed by atoms with van der Waals surface area (Å²) in [6.45, 7) is 4.93. The Morgan fingerprint density at radius 1 is 1.60 bits per heavy atom. The molecule has 0 spiro atoms. The number of hydrogen-bond donors (Lipinski definition) is 2. The van der Waals surface area contributed by atoms with Gasteiger partial charge in [0.15, 0.2) is 0 Å². The number of aromatic nitrogens is 2. The van der Waals surface area contributed by atoms with Crippen LogP contribution in [-0.2, 0) is 11.3 Å². The molecule has 0 aliphatic heterocycles. The van der Waals surface area contributed by atoms with E-state index in [0.29, 0.717) is 6.54 Å². The van der Waals surface area contributed by atoms with Crippen LogP contribution < -0.4 is 5.32 Å². The zero-order chi connectivity index (χ0) is 11.3. The van der Waals surface area contributed by atoms with Crippen LogP contribution in [0.1, 0.15) is 13.8 Å². The second-order valence-corrected chi connectivity index (χ2v) is 3.78. The Labute approximate surface area is 89.1 Å². The molecular formula is C10H17N3O2. The predicted octanol–water partition coefficient (Wildman–Crippen LogP) is 0.582. The van der Waals surface area contributed by atoms with Gasteiger partial charge in [0.05, 0.1) is 12.5 Å². The molecule has 2 atom stereocenters. The van der Waals surface area contributed by atoms with Crippen molar-refractivity contribution >= 4 is 5.97 Å². The minimum Gasteiger partial charge on any atom is -0.481 e. The van der Waals surface area contributed by atoms with Gasteiger partial charge >= 0.3 is 5.97 Å². The van der Waals surface area contributed by atoms with Crippen LogP contribution in [0.5, 0.6) is 0 Å². The van der Waals surface area contributed by atoms with Gasteiger partial charge in [0.1, 0.15) is 0 Å². The lowest BCUT2D eigenvalue weighted by atomic mass is 10.2. The van der Waals surface area contributed by atoms with Crippen molar-refractivity contribution in [1.82, 2.24) is 15.1 Å². The summed E-state index contributed by atoms with van der Waals surface area (Å²) in [4.78, 5) is 10.6. The van der Waals surface area contributed by atoms with E-state index < -0.39 is 5.97 Å². The Hall–Kier alpha value is -1.36. The molecule has 0 saturated carbocycles. The van der Waals surface area contributed by atoms with E-state index in [2.05, 4.69) is 10.4 Å². The number of nitrogens with zero attached hydrogens (tertiary/aromatic N) is 2. The molecule has 5 nitrogen and oxygen atoms in total. The van der Waals surface area contributed by atoms with Crippen molar-refractivity contribution in [2.75, 3.05) is 6.54 Å². The summed E-state index contributed by atoms with van der Waals surface area (Å²) in [5.41, 5.74) is 0. The van der Waals surface area contributed by atoms with Crippen LogP contribution in [0, 0.1) is 5.92 Å². The largest absolute Gasteiger partial charge is 0.481 e. The molecule has 2 N–H and O–H groups in total. The van der Waals surface area contributed by atoms with Gasteiger partial charge in [-0.25, -0.2) is 0 Å². The molecule has 0 radical (unpaired) electrons. The molecule has 2 unspecified atom stereocenters. The summed E-state index contributed by atoms with van der Waals surface area (Å²) in [5, 5.41) is 15.9. The fourth-order valence-electron chi connectivity index (χ4n) is 1.22. The summed E-state index contributed by atoms with van der Waals surface area (Å²) < 4.78 is 1.82. The number of rotatable bonds is 6. The van der Waals surface area contributed by atoms with E-state index in [9.17, 15) is 4.79 Å². The second kappa shape index (κ2) is 5.50. The molecule has 5 heteroatoms. The normalized spacial score (nSPS) is 14.8. The van der Waals surface area contributed by atoms with Crippen molar-refractivity contribution in [3.63, 3.8) is 0 Å². The van der Waals surface area contributed by atoms with Crippen LogP contribution in [0.2, 0.25) is 0 Å². The number of carbonyl (C=O) groups is 1. The molecule has 0 fully saturated rings. The zero-order valence-electron chi connectivity index (χ0n) is 9.05. The maximum absolute atomic E-state index is 10.6. The van der Waals surface area contributed by atoms with E-state index in [1.807, 2.05) is 23.9 Å². The Bertz CT molecular complexity index is 298. The second-order valence-electron chi connectivity index (χ2n) is 3.78. The highest BCUT2D eigenvalue weighted by molar-refractivity contribution is 5.69. The molecule has 0 aliphatic carbocycles.